The zero-order valence-electron chi connectivity index (χ0n) is 28.5. The fourth-order valence-electron chi connectivity index (χ4n) is 7.41. The van der Waals surface area contributed by atoms with Gasteiger partial charge in [0.2, 0.25) is 0 Å². The summed E-state index contributed by atoms with van der Waals surface area (Å²) in [6.07, 6.45) is 11.4. The van der Waals surface area contributed by atoms with Crippen LogP contribution in [-0.2, 0) is 17.1 Å². The molecule has 5 aromatic carbocycles. The molecule has 0 N–H and O–H groups in total. The van der Waals surface area contributed by atoms with E-state index in [9.17, 15) is 0 Å². The molecule has 0 spiro atoms. The van der Waals surface area contributed by atoms with Gasteiger partial charge < -0.3 is 14.9 Å². The predicted molar refractivity (Wildman–Crippen MR) is 210 cm³/mol. The summed E-state index contributed by atoms with van der Waals surface area (Å²) in [5.41, 5.74) is 2.19. The molecule has 7 rings (SSSR count). The molecule has 246 valence electrons. The third-order valence-corrected chi connectivity index (χ3v) is 14.9. The molecular weight excluding hydrogens is 646 g/mol. The van der Waals surface area contributed by atoms with Crippen LogP contribution in [0.3, 0.4) is 0 Å². The average molecular weight is 699 g/mol. The van der Waals surface area contributed by atoms with E-state index in [1.807, 2.05) is 0 Å². The largest absolute Gasteiger partial charge is 2.00 e. The third kappa shape index (κ3) is 9.78. The van der Waals surface area contributed by atoms with Crippen LogP contribution in [0.15, 0.2) is 146 Å². The Morgan fingerprint density at radius 1 is 0.468 bits per heavy atom. The van der Waals surface area contributed by atoms with Crippen molar-refractivity contribution in [3.63, 3.8) is 0 Å². The van der Waals surface area contributed by atoms with Gasteiger partial charge in [-0.3, -0.25) is 0 Å². The van der Waals surface area contributed by atoms with Gasteiger partial charge in [-0.05, 0) is 78.3 Å². The molecular formula is C44H52FeP2. The summed E-state index contributed by atoms with van der Waals surface area (Å²) in [6.45, 7) is 2.55. The van der Waals surface area contributed by atoms with E-state index in [1.165, 1.54) is 77.9 Å². The summed E-state index contributed by atoms with van der Waals surface area (Å²) in [4.78, 5) is 0. The second-order valence-corrected chi connectivity index (χ2v) is 17.1. The Balaban J connectivity index is 0.000000688. The van der Waals surface area contributed by atoms with Crippen LogP contribution in [-0.4, -0.2) is 5.66 Å². The van der Waals surface area contributed by atoms with Crippen LogP contribution in [0.4, 0.5) is 0 Å². The minimum Gasteiger partial charge on any atom is -0.358 e. The van der Waals surface area contributed by atoms with E-state index in [2.05, 4.69) is 153 Å². The second kappa shape index (κ2) is 20.1. The maximum absolute atomic E-state index is 2.55. The summed E-state index contributed by atoms with van der Waals surface area (Å²) < 4.78 is 0. The van der Waals surface area contributed by atoms with Gasteiger partial charge in [-0.15, -0.1) is 0 Å². The normalized spacial score (nSPS) is 17.4. The van der Waals surface area contributed by atoms with Gasteiger partial charge in [0.15, 0.2) is 0 Å². The van der Waals surface area contributed by atoms with E-state index >= 15 is 0 Å². The smallest absolute Gasteiger partial charge is 0.358 e. The summed E-state index contributed by atoms with van der Waals surface area (Å²) in [5, 5.41) is 7.41. The van der Waals surface area contributed by atoms with Gasteiger partial charge in [-0.2, -0.15) is 0 Å². The van der Waals surface area contributed by atoms with E-state index in [0.29, 0.717) is 17.5 Å². The standard InChI is InChI=1S/C37H36P2.C5H10.2CH3.Fe/c1-29(38(30-17-6-2-7-18-30)31-19-8-3-9-20-31)34-26-16-27-35(34)36-25-14-15-28-37(36)39(32-21-10-4-11-22-32)33-23-12-5-13-24-33;1-2-4-5-3-1;;;/h2-15,17-25,28-29,34-35H,16,26-27H2,1H3;1-5H2;2*1H3;/q;;2*-1;+2/t29-,34?,35?;;;;/m0..../s1. The molecule has 0 amide bonds. The number of benzene rings is 5. The first-order chi connectivity index (χ1) is 21.8. The van der Waals surface area contributed by atoms with Crippen LogP contribution in [0.2, 0.25) is 0 Å². The monoisotopic (exact) mass is 698 g/mol. The van der Waals surface area contributed by atoms with Crippen molar-refractivity contribution >= 4 is 42.4 Å². The Hall–Kier alpha value is -2.52. The quantitative estimate of drug-likeness (QED) is 0.0860. The molecule has 0 radical (unpaired) electrons. The van der Waals surface area contributed by atoms with Crippen LogP contribution in [0.25, 0.3) is 0 Å². The first kappa shape index (κ1) is 38.9. The molecule has 0 aromatic heterocycles. The molecule has 0 heterocycles. The minimum atomic E-state index is -0.619. The number of hydrogen-bond acceptors (Lipinski definition) is 0. The van der Waals surface area contributed by atoms with Crippen molar-refractivity contribution in [1.82, 2.24) is 0 Å². The van der Waals surface area contributed by atoms with Crippen molar-refractivity contribution in [3.8, 4) is 0 Å². The average Bonchev–Trinajstić information content (AvgIpc) is 3.84. The third-order valence-electron chi connectivity index (χ3n) is 9.52. The first-order valence-corrected chi connectivity index (χ1v) is 19.4. The topological polar surface area (TPSA) is 0 Å². The van der Waals surface area contributed by atoms with Gasteiger partial charge in [-0.1, -0.05) is 191 Å². The van der Waals surface area contributed by atoms with Crippen LogP contribution in [0, 0.1) is 20.8 Å². The van der Waals surface area contributed by atoms with Gasteiger partial charge in [-0.25, -0.2) is 0 Å². The van der Waals surface area contributed by atoms with Crippen LogP contribution < -0.4 is 26.5 Å². The zero-order valence-corrected chi connectivity index (χ0v) is 31.4. The van der Waals surface area contributed by atoms with E-state index < -0.39 is 15.8 Å². The van der Waals surface area contributed by atoms with Gasteiger partial charge in [0, 0.05) is 0 Å². The van der Waals surface area contributed by atoms with E-state index in [4.69, 9.17) is 0 Å². The molecule has 2 unspecified atom stereocenters. The van der Waals surface area contributed by atoms with Crippen molar-refractivity contribution in [2.24, 2.45) is 5.92 Å². The van der Waals surface area contributed by atoms with Crippen molar-refractivity contribution in [2.75, 3.05) is 0 Å². The molecule has 5 aromatic rings. The first-order valence-electron chi connectivity index (χ1n) is 16.7. The summed E-state index contributed by atoms with van der Waals surface area (Å²) >= 11 is 0. The molecule has 0 nitrogen and oxygen atoms in total. The van der Waals surface area contributed by atoms with Gasteiger partial charge >= 0.3 is 17.1 Å². The molecule has 3 heteroatoms. The van der Waals surface area contributed by atoms with Gasteiger partial charge in [0.1, 0.15) is 0 Å². The maximum atomic E-state index is 2.55. The molecule has 0 bridgehead atoms. The van der Waals surface area contributed by atoms with Crippen LogP contribution in [0.1, 0.15) is 69.8 Å². The van der Waals surface area contributed by atoms with E-state index in [-0.39, 0.29) is 31.9 Å². The Morgan fingerprint density at radius 2 is 0.851 bits per heavy atom. The Morgan fingerprint density at radius 3 is 1.30 bits per heavy atom. The fourth-order valence-corrected chi connectivity index (χ4v) is 12.9. The van der Waals surface area contributed by atoms with Crippen molar-refractivity contribution in [2.45, 2.75) is 69.9 Å². The molecule has 2 aliphatic carbocycles. The maximum Gasteiger partial charge on any atom is 2.00 e. The molecule has 0 aliphatic heterocycles. The number of rotatable bonds is 8. The summed E-state index contributed by atoms with van der Waals surface area (Å²) in [7, 11) is -1.07. The molecule has 2 fully saturated rings. The molecule has 3 atom stereocenters. The zero-order chi connectivity index (χ0) is 30.0. The minimum absolute atomic E-state index is 0. The van der Waals surface area contributed by atoms with E-state index in [1.54, 1.807) is 5.56 Å². The summed E-state index contributed by atoms with van der Waals surface area (Å²) in [6, 6.07) is 54.4. The fraction of sp³-hybridized carbons (Fsp3) is 0.273. The molecule has 47 heavy (non-hydrogen) atoms. The molecule has 2 saturated carbocycles. The van der Waals surface area contributed by atoms with Crippen LogP contribution >= 0.6 is 15.8 Å². The van der Waals surface area contributed by atoms with Crippen molar-refractivity contribution in [1.29, 1.82) is 0 Å². The van der Waals surface area contributed by atoms with E-state index in [0.717, 1.165) is 0 Å². The van der Waals surface area contributed by atoms with Gasteiger partial charge in [0.05, 0.1) is 0 Å². The SMILES string of the molecule is C1CCCC1.C[C@@H](C1CCCC1c1ccccc1P(c1ccccc1)c1ccccc1)P(c1ccccc1)c1ccccc1.[CH3-].[CH3-].[Fe+2]. The van der Waals surface area contributed by atoms with Crippen molar-refractivity contribution < 1.29 is 17.1 Å². The molecule has 0 saturated heterocycles. The molecule has 2 aliphatic rings. The second-order valence-electron chi connectivity index (χ2n) is 12.3. The van der Waals surface area contributed by atoms with Crippen molar-refractivity contribution in [3.05, 3.63) is 166 Å². The van der Waals surface area contributed by atoms with Gasteiger partial charge in [0.25, 0.3) is 0 Å². The Bertz CT molecular complexity index is 1450. The van der Waals surface area contributed by atoms with Crippen LogP contribution in [0.5, 0.6) is 0 Å². The Kier molecular flexibility index (Phi) is 16.6. The predicted octanol–water partition coefficient (Wildman–Crippen LogP) is 10.7. The number of hydrogen-bond donors (Lipinski definition) is 0. The Labute approximate surface area is 299 Å². The summed E-state index contributed by atoms with van der Waals surface area (Å²) in [5.74, 6) is 1.26.